The number of hydrogen-bond acceptors (Lipinski definition) is 4. The Balaban J connectivity index is 2.05. The molecule has 0 unspecified atom stereocenters. The van der Waals surface area contributed by atoms with E-state index in [1.807, 2.05) is 0 Å². The van der Waals surface area contributed by atoms with Crippen LogP contribution < -0.4 is 5.32 Å². The first-order chi connectivity index (χ1) is 8.69. The smallest absolute Gasteiger partial charge is 0.236 e. The molecular weight excluding hydrogens is 321 g/mol. The van der Waals surface area contributed by atoms with E-state index in [2.05, 4.69) is 31.4 Å². The lowest BCUT2D eigenvalue weighted by Crippen LogP contribution is -2.19. The molecule has 0 bridgehead atoms. The predicted molar refractivity (Wildman–Crippen MR) is 74.7 cm³/mol. The highest BCUT2D eigenvalue weighted by Crippen LogP contribution is 2.13. The number of alkyl halides is 1. The zero-order chi connectivity index (χ0) is 13.0. The fourth-order valence-electron chi connectivity index (χ4n) is 1.28. The monoisotopic (exact) mass is 329 g/mol. The van der Waals surface area contributed by atoms with Crippen LogP contribution in [0.1, 0.15) is 11.1 Å². The maximum Gasteiger partial charge on any atom is 0.236 e. The molecule has 1 aromatic carbocycles. The molecule has 4 nitrogen and oxygen atoms in total. The van der Waals surface area contributed by atoms with Crippen molar-refractivity contribution in [3.05, 3.63) is 35.1 Å². The zero-order valence-electron chi connectivity index (χ0n) is 9.19. The second kappa shape index (κ2) is 6.10. The molecule has 1 fully saturated rings. The number of nitrogens with zero attached hydrogens (tertiary/aromatic N) is 2. The SMILES string of the molecule is O=C1CSC(=NN=Cc2ccc(CBr)c(F)c2)N1. The molecule has 1 aliphatic heterocycles. The van der Waals surface area contributed by atoms with Gasteiger partial charge in [0.25, 0.3) is 0 Å². The number of nitrogens with one attached hydrogen (secondary N) is 1. The molecule has 1 aromatic rings. The molecule has 2 rings (SSSR count). The van der Waals surface area contributed by atoms with Crippen LogP contribution >= 0.6 is 27.7 Å². The molecule has 0 radical (unpaired) electrons. The number of rotatable bonds is 3. The van der Waals surface area contributed by atoms with Crippen LogP contribution in [0.3, 0.4) is 0 Å². The second-order valence-corrected chi connectivity index (χ2v) is 5.00. The molecular formula is C11H9BrFN3OS. The van der Waals surface area contributed by atoms with Crippen molar-refractivity contribution in [2.24, 2.45) is 10.2 Å². The van der Waals surface area contributed by atoms with Crippen molar-refractivity contribution in [1.29, 1.82) is 0 Å². The lowest BCUT2D eigenvalue weighted by Gasteiger charge is -1.98. The number of hydrogen-bond donors (Lipinski definition) is 1. The van der Waals surface area contributed by atoms with Crippen molar-refractivity contribution in [3.63, 3.8) is 0 Å². The summed E-state index contributed by atoms with van der Waals surface area (Å²) in [6.45, 7) is 0. The van der Waals surface area contributed by atoms with E-state index in [4.69, 9.17) is 0 Å². The summed E-state index contributed by atoms with van der Waals surface area (Å²) in [6, 6.07) is 4.83. The summed E-state index contributed by atoms with van der Waals surface area (Å²) in [6.07, 6.45) is 1.44. The lowest BCUT2D eigenvalue weighted by molar-refractivity contribution is -0.116. The molecule has 0 saturated carbocycles. The van der Waals surface area contributed by atoms with Crippen molar-refractivity contribution in [2.45, 2.75) is 5.33 Å². The van der Waals surface area contributed by atoms with Gasteiger partial charge in [-0.05, 0) is 17.2 Å². The number of thioether (sulfide) groups is 1. The van der Waals surface area contributed by atoms with Crippen LogP contribution in [0.2, 0.25) is 0 Å². The normalized spacial score (nSPS) is 17.7. The summed E-state index contributed by atoms with van der Waals surface area (Å²) in [5, 5.41) is 11.1. The number of benzene rings is 1. The van der Waals surface area contributed by atoms with Crippen LogP contribution in [-0.2, 0) is 10.1 Å². The van der Waals surface area contributed by atoms with E-state index >= 15 is 0 Å². The maximum atomic E-state index is 13.4. The van der Waals surface area contributed by atoms with Gasteiger partial charge in [0, 0.05) is 5.33 Å². The highest BCUT2D eigenvalue weighted by atomic mass is 79.9. The van der Waals surface area contributed by atoms with Crippen LogP contribution in [0.4, 0.5) is 4.39 Å². The average molecular weight is 330 g/mol. The topological polar surface area (TPSA) is 53.8 Å². The van der Waals surface area contributed by atoms with E-state index in [1.165, 1.54) is 24.0 Å². The van der Waals surface area contributed by atoms with Gasteiger partial charge in [-0.1, -0.05) is 39.8 Å². The van der Waals surface area contributed by atoms with Gasteiger partial charge in [0.05, 0.1) is 12.0 Å². The first kappa shape index (κ1) is 13.2. The van der Waals surface area contributed by atoms with E-state index in [-0.39, 0.29) is 11.7 Å². The molecule has 0 atom stereocenters. The molecule has 7 heteroatoms. The Morgan fingerprint density at radius 1 is 1.56 bits per heavy atom. The summed E-state index contributed by atoms with van der Waals surface area (Å²) < 4.78 is 13.4. The number of amides is 1. The first-order valence-corrected chi connectivity index (χ1v) is 7.18. The Bertz CT molecular complexity index is 533. The van der Waals surface area contributed by atoms with Crippen molar-refractivity contribution >= 4 is 45.0 Å². The molecule has 94 valence electrons. The third kappa shape index (κ3) is 3.39. The fraction of sp³-hybridized carbons (Fsp3) is 0.182. The fourth-order valence-corrected chi connectivity index (χ4v) is 2.37. The van der Waals surface area contributed by atoms with Crippen molar-refractivity contribution < 1.29 is 9.18 Å². The highest BCUT2D eigenvalue weighted by Gasteiger charge is 2.15. The quantitative estimate of drug-likeness (QED) is 0.525. The third-order valence-electron chi connectivity index (χ3n) is 2.16. The Kier molecular flexibility index (Phi) is 4.48. The minimum absolute atomic E-state index is 0.0818. The van der Waals surface area contributed by atoms with Gasteiger partial charge in [-0.15, -0.1) is 5.10 Å². The predicted octanol–water partition coefficient (Wildman–Crippen LogP) is 2.27. The number of halogens is 2. The highest BCUT2D eigenvalue weighted by molar-refractivity contribution is 9.08. The molecule has 1 saturated heterocycles. The molecule has 18 heavy (non-hydrogen) atoms. The molecule has 0 aromatic heterocycles. The Hall–Kier alpha value is -1.21. The average Bonchev–Trinajstić information content (AvgIpc) is 2.75. The van der Waals surface area contributed by atoms with Gasteiger partial charge in [-0.3, -0.25) is 4.79 Å². The second-order valence-electron chi connectivity index (χ2n) is 3.47. The van der Waals surface area contributed by atoms with E-state index < -0.39 is 0 Å². The van der Waals surface area contributed by atoms with E-state index in [0.717, 1.165) is 0 Å². The lowest BCUT2D eigenvalue weighted by atomic mass is 10.1. The van der Waals surface area contributed by atoms with Crippen LogP contribution in [0.5, 0.6) is 0 Å². The van der Waals surface area contributed by atoms with Crippen LogP contribution in [-0.4, -0.2) is 23.0 Å². The minimum Gasteiger partial charge on any atom is -0.303 e. The van der Waals surface area contributed by atoms with Gasteiger partial charge in [-0.2, -0.15) is 5.10 Å². The maximum absolute atomic E-state index is 13.4. The number of amidine groups is 1. The van der Waals surface area contributed by atoms with Gasteiger partial charge < -0.3 is 5.32 Å². The van der Waals surface area contributed by atoms with Gasteiger partial charge in [0.15, 0.2) is 5.17 Å². The summed E-state index contributed by atoms with van der Waals surface area (Å²) >= 11 is 4.49. The molecule has 1 heterocycles. The Labute approximate surface area is 116 Å². The zero-order valence-corrected chi connectivity index (χ0v) is 11.6. The third-order valence-corrected chi connectivity index (χ3v) is 3.63. The summed E-state index contributed by atoms with van der Waals surface area (Å²) in [5.41, 5.74) is 1.22. The Morgan fingerprint density at radius 2 is 2.39 bits per heavy atom. The molecule has 1 amide bonds. The van der Waals surface area contributed by atoms with Crippen LogP contribution in [0.25, 0.3) is 0 Å². The Morgan fingerprint density at radius 3 is 3.00 bits per heavy atom. The largest absolute Gasteiger partial charge is 0.303 e. The van der Waals surface area contributed by atoms with Crippen LogP contribution in [0.15, 0.2) is 28.4 Å². The number of carbonyl (C=O) groups is 1. The molecule has 0 spiro atoms. The van der Waals surface area contributed by atoms with Crippen LogP contribution in [0, 0.1) is 5.82 Å². The van der Waals surface area contributed by atoms with Gasteiger partial charge in [-0.25, -0.2) is 4.39 Å². The summed E-state index contributed by atoms with van der Waals surface area (Å²) in [5.74, 6) is -0.00294. The van der Waals surface area contributed by atoms with Gasteiger partial charge in [0.1, 0.15) is 5.82 Å². The van der Waals surface area contributed by atoms with E-state index in [1.54, 1.807) is 12.1 Å². The van der Waals surface area contributed by atoms with Crippen molar-refractivity contribution in [1.82, 2.24) is 5.32 Å². The molecule has 0 aliphatic carbocycles. The van der Waals surface area contributed by atoms with E-state index in [0.29, 0.717) is 27.4 Å². The minimum atomic E-state index is -0.285. The standard InChI is InChI=1S/C11H9BrFN3OS/c12-4-8-2-1-7(3-9(8)13)5-14-16-11-15-10(17)6-18-11/h1-3,5H,4,6H2,(H,15,16,17). The first-order valence-electron chi connectivity index (χ1n) is 5.07. The molecule has 1 aliphatic rings. The van der Waals surface area contributed by atoms with Gasteiger partial charge in [0.2, 0.25) is 5.91 Å². The van der Waals surface area contributed by atoms with Gasteiger partial charge >= 0.3 is 0 Å². The summed E-state index contributed by atoms with van der Waals surface area (Å²) in [7, 11) is 0. The van der Waals surface area contributed by atoms with E-state index in [9.17, 15) is 9.18 Å². The van der Waals surface area contributed by atoms with Crippen molar-refractivity contribution in [3.8, 4) is 0 Å². The summed E-state index contributed by atoms with van der Waals surface area (Å²) in [4.78, 5) is 10.9. The number of carbonyl (C=O) groups excluding carboxylic acids is 1. The van der Waals surface area contributed by atoms with Crippen molar-refractivity contribution in [2.75, 3.05) is 5.75 Å². The molecule has 1 N–H and O–H groups in total.